The molecule has 1 aliphatic rings. The third-order valence-electron chi connectivity index (χ3n) is 5.45. The molecule has 1 amide bonds. The fraction of sp³-hybridized carbons (Fsp3) is 0.346. The van der Waals surface area contributed by atoms with Gasteiger partial charge in [0.05, 0.1) is 25.3 Å². The van der Waals surface area contributed by atoms with Crippen LogP contribution in [0.1, 0.15) is 44.6 Å². The van der Waals surface area contributed by atoms with Crippen LogP contribution in [0.2, 0.25) is 0 Å². The Balaban J connectivity index is 1.79. The number of nitrogens with one attached hydrogen (secondary N) is 1. The lowest BCUT2D eigenvalue weighted by Crippen LogP contribution is -2.23. The number of nitriles is 1. The second-order valence-corrected chi connectivity index (χ2v) is 7.72. The van der Waals surface area contributed by atoms with Gasteiger partial charge in [-0.2, -0.15) is 5.26 Å². The van der Waals surface area contributed by atoms with Crippen molar-refractivity contribution in [2.75, 3.05) is 19.0 Å². The van der Waals surface area contributed by atoms with Crippen LogP contribution in [-0.4, -0.2) is 25.6 Å². The highest BCUT2D eigenvalue weighted by atomic mass is 16.6. The Morgan fingerprint density at radius 1 is 1.09 bits per heavy atom. The van der Waals surface area contributed by atoms with Gasteiger partial charge >= 0.3 is 5.97 Å². The maximum absolute atomic E-state index is 12.7. The van der Waals surface area contributed by atoms with E-state index in [0.717, 1.165) is 32.1 Å². The number of amides is 1. The van der Waals surface area contributed by atoms with E-state index >= 15 is 0 Å². The summed E-state index contributed by atoms with van der Waals surface area (Å²) in [7, 11) is 1.50. The summed E-state index contributed by atoms with van der Waals surface area (Å²) in [4.78, 5) is 25.2. The molecule has 1 N–H and O–H groups in total. The first-order valence-corrected chi connectivity index (χ1v) is 11.1. The van der Waals surface area contributed by atoms with Gasteiger partial charge in [-0.3, -0.25) is 9.59 Å². The highest BCUT2D eigenvalue weighted by Crippen LogP contribution is 2.32. The molecule has 0 bridgehead atoms. The average molecular weight is 449 g/mol. The minimum atomic E-state index is -0.562. The number of rotatable bonds is 8. The lowest BCUT2D eigenvalue weighted by molar-refractivity contribution is -0.140. The van der Waals surface area contributed by atoms with E-state index in [0.29, 0.717) is 35.1 Å². The van der Waals surface area contributed by atoms with E-state index in [2.05, 4.69) is 5.32 Å². The first kappa shape index (κ1) is 23.9. The van der Waals surface area contributed by atoms with Crippen molar-refractivity contribution in [3.63, 3.8) is 0 Å². The van der Waals surface area contributed by atoms with Crippen LogP contribution < -0.4 is 19.5 Å². The topological polar surface area (TPSA) is 97.7 Å². The SMILES string of the molecule is CCOc1cc(C=C(C#N)C(=O)Nc2ccccc2OC)ccc1OC(=O)C1CCCCC1. The number of anilines is 1. The summed E-state index contributed by atoms with van der Waals surface area (Å²) in [5.74, 6) is 0.322. The zero-order valence-electron chi connectivity index (χ0n) is 18.9. The molecule has 0 spiro atoms. The van der Waals surface area contributed by atoms with Crippen LogP contribution in [0.15, 0.2) is 48.0 Å². The van der Waals surface area contributed by atoms with Crippen molar-refractivity contribution in [2.45, 2.75) is 39.0 Å². The number of esters is 1. The van der Waals surface area contributed by atoms with E-state index in [1.807, 2.05) is 13.0 Å². The molecule has 0 radical (unpaired) electrons. The Bertz CT molecular complexity index is 1060. The van der Waals surface area contributed by atoms with Crippen molar-refractivity contribution in [1.82, 2.24) is 0 Å². The summed E-state index contributed by atoms with van der Waals surface area (Å²) in [6.45, 7) is 2.21. The molecule has 2 aromatic carbocycles. The summed E-state index contributed by atoms with van der Waals surface area (Å²) in [6.07, 6.45) is 6.37. The number of carbonyl (C=O) groups is 2. The quantitative estimate of drug-likeness (QED) is 0.260. The fourth-order valence-electron chi connectivity index (χ4n) is 3.75. The molecule has 7 heteroatoms. The number of methoxy groups -OCH3 is 1. The number of carbonyl (C=O) groups excluding carboxylic acids is 2. The molecule has 1 fully saturated rings. The van der Waals surface area contributed by atoms with Crippen molar-refractivity contribution in [3.05, 3.63) is 53.6 Å². The lowest BCUT2D eigenvalue weighted by atomic mass is 9.89. The molecule has 1 saturated carbocycles. The Hall–Kier alpha value is -3.79. The minimum absolute atomic E-state index is 0.0864. The van der Waals surface area contributed by atoms with Gasteiger partial charge in [-0.1, -0.05) is 37.5 Å². The lowest BCUT2D eigenvalue weighted by Gasteiger charge is -2.20. The van der Waals surface area contributed by atoms with Crippen LogP contribution in [0.25, 0.3) is 6.08 Å². The van der Waals surface area contributed by atoms with Crippen LogP contribution >= 0.6 is 0 Å². The number of hydrogen-bond acceptors (Lipinski definition) is 6. The third-order valence-corrected chi connectivity index (χ3v) is 5.45. The number of hydrogen-bond donors (Lipinski definition) is 1. The van der Waals surface area contributed by atoms with Crippen molar-refractivity contribution in [2.24, 2.45) is 5.92 Å². The molecule has 7 nitrogen and oxygen atoms in total. The normalized spacial score (nSPS) is 14.2. The largest absolute Gasteiger partial charge is 0.495 e. The number of benzene rings is 2. The van der Waals surface area contributed by atoms with E-state index in [1.54, 1.807) is 42.5 Å². The van der Waals surface area contributed by atoms with Crippen LogP contribution in [0.5, 0.6) is 17.2 Å². The fourth-order valence-corrected chi connectivity index (χ4v) is 3.75. The van der Waals surface area contributed by atoms with Crippen LogP contribution in [-0.2, 0) is 9.59 Å². The average Bonchev–Trinajstić information content (AvgIpc) is 2.84. The summed E-state index contributed by atoms with van der Waals surface area (Å²) < 4.78 is 16.5. The number of ether oxygens (including phenoxy) is 3. The number of para-hydroxylation sites is 2. The molecular weight excluding hydrogens is 420 g/mol. The molecule has 0 atom stereocenters. The van der Waals surface area contributed by atoms with Crippen molar-refractivity contribution >= 4 is 23.6 Å². The van der Waals surface area contributed by atoms with Gasteiger partial charge < -0.3 is 19.5 Å². The molecule has 0 aromatic heterocycles. The molecule has 0 aliphatic heterocycles. The monoisotopic (exact) mass is 448 g/mol. The second-order valence-electron chi connectivity index (χ2n) is 7.72. The van der Waals surface area contributed by atoms with E-state index in [-0.39, 0.29) is 17.5 Å². The van der Waals surface area contributed by atoms with E-state index in [4.69, 9.17) is 14.2 Å². The molecule has 33 heavy (non-hydrogen) atoms. The molecular formula is C26H28N2O5. The molecule has 0 saturated heterocycles. The summed E-state index contributed by atoms with van der Waals surface area (Å²) in [6, 6.07) is 13.8. The van der Waals surface area contributed by atoms with E-state index in [1.165, 1.54) is 13.2 Å². The van der Waals surface area contributed by atoms with Gasteiger partial charge in [0.25, 0.3) is 5.91 Å². The molecule has 0 unspecified atom stereocenters. The van der Waals surface area contributed by atoms with Gasteiger partial charge in [0.15, 0.2) is 11.5 Å². The van der Waals surface area contributed by atoms with Crippen LogP contribution in [0, 0.1) is 17.2 Å². The maximum Gasteiger partial charge on any atom is 0.314 e. The predicted octanol–water partition coefficient (Wildman–Crippen LogP) is 5.13. The highest BCUT2D eigenvalue weighted by molar-refractivity contribution is 6.10. The Labute approximate surface area is 194 Å². The van der Waals surface area contributed by atoms with Gasteiger partial charge in [-0.05, 0) is 55.7 Å². The standard InChI is InChI=1S/C26H28N2O5/c1-3-32-24-16-18(13-14-23(24)33-26(30)19-9-5-4-6-10-19)15-20(17-27)25(29)28-21-11-7-8-12-22(21)31-2/h7-8,11-16,19H,3-6,9-10H2,1-2H3,(H,28,29). The molecule has 2 aromatic rings. The molecule has 1 aliphatic carbocycles. The zero-order chi connectivity index (χ0) is 23.6. The summed E-state index contributed by atoms with van der Waals surface area (Å²) in [5, 5.41) is 12.2. The first-order chi connectivity index (χ1) is 16.0. The zero-order valence-corrected chi connectivity index (χ0v) is 18.9. The molecule has 3 rings (SSSR count). The molecule has 0 heterocycles. The van der Waals surface area contributed by atoms with Crippen molar-refractivity contribution in [3.8, 4) is 23.3 Å². The van der Waals surface area contributed by atoms with Crippen molar-refractivity contribution < 1.29 is 23.8 Å². The Morgan fingerprint density at radius 2 is 1.85 bits per heavy atom. The van der Waals surface area contributed by atoms with Gasteiger partial charge in [0.1, 0.15) is 17.4 Å². The van der Waals surface area contributed by atoms with Crippen LogP contribution in [0.3, 0.4) is 0 Å². The minimum Gasteiger partial charge on any atom is -0.495 e. The van der Waals surface area contributed by atoms with Crippen LogP contribution in [0.4, 0.5) is 5.69 Å². The summed E-state index contributed by atoms with van der Waals surface area (Å²) >= 11 is 0. The smallest absolute Gasteiger partial charge is 0.314 e. The first-order valence-electron chi connectivity index (χ1n) is 11.1. The Morgan fingerprint density at radius 3 is 2.55 bits per heavy atom. The number of nitrogens with zero attached hydrogens (tertiary/aromatic N) is 1. The van der Waals surface area contributed by atoms with Gasteiger partial charge in [-0.15, -0.1) is 0 Å². The second kappa shape index (κ2) is 11.7. The summed E-state index contributed by atoms with van der Waals surface area (Å²) in [5.41, 5.74) is 0.948. The van der Waals surface area contributed by atoms with Gasteiger partial charge in [0, 0.05) is 0 Å². The third kappa shape index (κ3) is 6.36. The predicted molar refractivity (Wildman–Crippen MR) is 125 cm³/mol. The van der Waals surface area contributed by atoms with Gasteiger partial charge in [0.2, 0.25) is 0 Å². The Kier molecular flexibility index (Phi) is 8.48. The van der Waals surface area contributed by atoms with E-state index in [9.17, 15) is 14.9 Å². The molecule has 172 valence electrons. The van der Waals surface area contributed by atoms with E-state index < -0.39 is 5.91 Å². The highest BCUT2D eigenvalue weighted by Gasteiger charge is 2.24. The maximum atomic E-state index is 12.7. The van der Waals surface area contributed by atoms with Crippen molar-refractivity contribution in [1.29, 1.82) is 5.26 Å². The van der Waals surface area contributed by atoms with Gasteiger partial charge in [-0.25, -0.2) is 0 Å².